The van der Waals surface area contributed by atoms with Gasteiger partial charge in [0.15, 0.2) is 5.84 Å². The van der Waals surface area contributed by atoms with E-state index in [2.05, 4.69) is 28.7 Å². The molecule has 4 nitrogen and oxygen atoms in total. The normalized spacial score (nSPS) is 21.1. The Labute approximate surface area is 129 Å². The molecule has 0 bridgehead atoms. The van der Waals surface area contributed by atoms with Crippen molar-refractivity contribution in [2.75, 3.05) is 18.8 Å². The van der Waals surface area contributed by atoms with Gasteiger partial charge in [0.25, 0.3) is 0 Å². The Morgan fingerprint density at radius 1 is 1.60 bits per heavy atom. The molecule has 20 heavy (non-hydrogen) atoms. The number of nitrogens with zero attached hydrogens (tertiary/aromatic N) is 2. The Hall–Kier alpha value is -0.910. The van der Waals surface area contributed by atoms with Crippen molar-refractivity contribution in [1.82, 2.24) is 4.90 Å². The highest BCUT2D eigenvalue weighted by molar-refractivity contribution is 8.00. The van der Waals surface area contributed by atoms with E-state index in [-0.39, 0.29) is 5.84 Å². The summed E-state index contributed by atoms with van der Waals surface area (Å²) < 4.78 is 0. The fourth-order valence-electron chi connectivity index (χ4n) is 2.30. The van der Waals surface area contributed by atoms with Crippen LogP contribution in [0.15, 0.2) is 23.4 Å². The standard InChI is InChI=1S/C14H20ClN3OS/c1-2-12-9-18(5-6-20-12)8-11-4-3-10(7-13(11)15)14(16)17-19/h3-4,7,12,19H,2,5-6,8-9H2,1H3,(H2,16,17). The smallest absolute Gasteiger partial charge is 0.170 e. The summed E-state index contributed by atoms with van der Waals surface area (Å²) in [5.41, 5.74) is 7.29. The number of amidine groups is 1. The number of thioether (sulfide) groups is 1. The zero-order valence-electron chi connectivity index (χ0n) is 11.6. The van der Waals surface area contributed by atoms with Crippen LogP contribution in [0.3, 0.4) is 0 Å². The topological polar surface area (TPSA) is 61.8 Å². The van der Waals surface area contributed by atoms with Crippen LogP contribution in [0, 0.1) is 0 Å². The zero-order valence-corrected chi connectivity index (χ0v) is 13.1. The van der Waals surface area contributed by atoms with E-state index in [1.165, 1.54) is 12.2 Å². The summed E-state index contributed by atoms with van der Waals surface area (Å²) in [4.78, 5) is 2.44. The van der Waals surface area contributed by atoms with Crippen molar-refractivity contribution in [2.45, 2.75) is 25.1 Å². The lowest BCUT2D eigenvalue weighted by Crippen LogP contribution is -2.37. The maximum absolute atomic E-state index is 8.68. The molecule has 6 heteroatoms. The van der Waals surface area contributed by atoms with Crippen LogP contribution < -0.4 is 5.73 Å². The highest BCUT2D eigenvalue weighted by Gasteiger charge is 2.19. The van der Waals surface area contributed by atoms with Gasteiger partial charge in [-0.2, -0.15) is 11.8 Å². The molecule has 0 aromatic heterocycles. The molecule has 1 heterocycles. The quantitative estimate of drug-likeness (QED) is 0.388. The maximum Gasteiger partial charge on any atom is 0.170 e. The second-order valence-corrected chi connectivity index (χ2v) is 6.74. The maximum atomic E-state index is 8.68. The van der Waals surface area contributed by atoms with Crippen LogP contribution in [0.2, 0.25) is 5.02 Å². The SMILES string of the molecule is CCC1CN(Cc2ccc(/C(N)=N/O)cc2Cl)CCS1. The molecule has 1 aliphatic heterocycles. The van der Waals surface area contributed by atoms with E-state index in [1.807, 2.05) is 12.1 Å². The van der Waals surface area contributed by atoms with Gasteiger partial charge in [-0.3, -0.25) is 4.90 Å². The molecular weight excluding hydrogens is 294 g/mol. The first-order valence-electron chi connectivity index (χ1n) is 6.74. The van der Waals surface area contributed by atoms with Crippen molar-refractivity contribution in [1.29, 1.82) is 0 Å². The Balaban J connectivity index is 2.06. The van der Waals surface area contributed by atoms with Gasteiger partial charge in [0.05, 0.1) is 0 Å². The molecule has 0 radical (unpaired) electrons. The lowest BCUT2D eigenvalue weighted by atomic mass is 10.1. The van der Waals surface area contributed by atoms with Crippen LogP contribution in [-0.4, -0.2) is 40.0 Å². The van der Waals surface area contributed by atoms with Gasteiger partial charge in [-0.1, -0.05) is 35.8 Å². The summed E-state index contributed by atoms with van der Waals surface area (Å²) in [5, 5.41) is 13.1. The van der Waals surface area contributed by atoms with Crippen LogP contribution in [0.1, 0.15) is 24.5 Å². The average molecular weight is 314 g/mol. The van der Waals surface area contributed by atoms with Crippen molar-refractivity contribution in [3.63, 3.8) is 0 Å². The first kappa shape index (κ1) is 15.5. The van der Waals surface area contributed by atoms with Crippen molar-refractivity contribution in [3.05, 3.63) is 34.3 Å². The van der Waals surface area contributed by atoms with E-state index in [0.717, 1.165) is 30.4 Å². The molecule has 0 saturated carbocycles. The van der Waals surface area contributed by atoms with Gasteiger partial charge >= 0.3 is 0 Å². The van der Waals surface area contributed by atoms with Crippen molar-refractivity contribution in [3.8, 4) is 0 Å². The molecule has 2 rings (SSSR count). The molecule has 110 valence electrons. The predicted molar refractivity (Wildman–Crippen MR) is 85.8 cm³/mol. The monoisotopic (exact) mass is 313 g/mol. The second-order valence-electron chi connectivity index (χ2n) is 4.93. The molecule has 0 amide bonds. The fourth-order valence-corrected chi connectivity index (χ4v) is 3.79. The molecule has 0 spiro atoms. The summed E-state index contributed by atoms with van der Waals surface area (Å²) in [6.45, 7) is 5.30. The highest BCUT2D eigenvalue weighted by atomic mass is 35.5. The van der Waals surface area contributed by atoms with Gasteiger partial charge in [-0.05, 0) is 18.1 Å². The van der Waals surface area contributed by atoms with E-state index in [0.29, 0.717) is 10.6 Å². The van der Waals surface area contributed by atoms with Gasteiger partial charge < -0.3 is 10.9 Å². The van der Waals surface area contributed by atoms with E-state index in [9.17, 15) is 0 Å². The molecule has 1 aliphatic rings. The summed E-state index contributed by atoms with van der Waals surface area (Å²) >= 11 is 8.35. The lowest BCUT2D eigenvalue weighted by molar-refractivity contribution is 0.273. The molecule has 1 aromatic carbocycles. The van der Waals surface area contributed by atoms with Crippen molar-refractivity contribution in [2.24, 2.45) is 10.9 Å². The highest BCUT2D eigenvalue weighted by Crippen LogP contribution is 2.25. The van der Waals surface area contributed by atoms with Crippen LogP contribution in [0.4, 0.5) is 0 Å². The van der Waals surface area contributed by atoms with E-state index in [1.54, 1.807) is 6.07 Å². The van der Waals surface area contributed by atoms with Crippen LogP contribution >= 0.6 is 23.4 Å². The van der Waals surface area contributed by atoms with Crippen molar-refractivity contribution >= 4 is 29.2 Å². The Morgan fingerprint density at radius 3 is 3.05 bits per heavy atom. The minimum Gasteiger partial charge on any atom is -0.409 e. The molecule has 1 saturated heterocycles. The van der Waals surface area contributed by atoms with Crippen LogP contribution in [0.25, 0.3) is 0 Å². The van der Waals surface area contributed by atoms with Gasteiger partial charge in [0.2, 0.25) is 0 Å². The van der Waals surface area contributed by atoms with E-state index < -0.39 is 0 Å². The molecule has 1 atom stereocenters. The summed E-state index contributed by atoms with van der Waals surface area (Å²) in [6, 6.07) is 5.55. The molecule has 3 N–H and O–H groups in total. The third-order valence-corrected chi connectivity index (χ3v) is 5.25. The number of nitrogens with two attached hydrogens (primary N) is 1. The third-order valence-electron chi connectivity index (χ3n) is 3.53. The molecule has 0 aliphatic carbocycles. The predicted octanol–water partition coefficient (Wildman–Crippen LogP) is 2.76. The van der Waals surface area contributed by atoms with E-state index >= 15 is 0 Å². The number of benzene rings is 1. The number of hydrogen-bond donors (Lipinski definition) is 2. The number of rotatable bonds is 4. The molecule has 1 unspecified atom stereocenters. The molecule has 1 aromatic rings. The van der Waals surface area contributed by atoms with Gasteiger partial charge in [0.1, 0.15) is 0 Å². The minimum absolute atomic E-state index is 0.0823. The fraction of sp³-hybridized carbons (Fsp3) is 0.500. The zero-order chi connectivity index (χ0) is 14.5. The van der Waals surface area contributed by atoms with Crippen LogP contribution in [-0.2, 0) is 6.54 Å². The first-order chi connectivity index (χ1) is 9.63. The third kappa shape index (κ3) is 3.81. The number of halogens is 1. The minimum atomic E-state index is 0.0823. The van der Waals surface area contributed by atoms with Crippen molar-refractivity contribution < 1.29 is 5.21 Å². The second kappa shape index (κ2) is 7.20. The summed E-state index contributed by atoms with van der Waals surface area (Å²) in [5.74, 6) is 1.26. The molecule has 1 fully saturated rings. The summed E-state index contributed by atoms with van der Waals surface area (Å²) in [7, 11) is 0. The first-order valence-corrected chi connectivity index (χ1v) is 8.17. The Kier molecular flexibility index (Phi) is 5.57. The average Bonchev–Trinajstić information content (AvgIpc) is 2.48. The lowest BCUT2D eigenvalue weighted by Gasteiger charge is -2.32. The number of oxime groups is 1. The van der Waals surface area contributed by atoms with E-state index in [4.69, 9.17) is 22.5 Å². The molecular formula is C14H20ClN3OS. The van der Waals surface area contributed by atoms with Gasteiger partial charge in [-0.15, -0.1) is 0 Å². The van der Waals surface area contributed by atoms with Gasteiger partial charge in [0, 0.05) is 41.2 Å². The van der Waals surface area contributed by atoms with Gasteiger partial charge in [-0.25, -0.2) is 0 Å². The summed E-state index contributed by atoms with van der Waals surface area (Å²) in [6.07, 6.45) is 1.21. The van der Waals surface area contributed by atoms with Crippen LogP contribution in [0.5, 0.6) is 0 Å². The number of hydrogen-bond acceptors (Lipinski definition) is 4. The Morgan fingerprint density at radius 2 is 2.40 bits per heavy atom. The Bertz CT molecular complexity index is 495. The largest absolute Gasteiger partial charge is 0.409 e.